The van der Waals surface area contributed by atoms with E-state index >= 15 is 0 Å². The van der Waals surface area contributed by atoms with Gasteiger partial charge in [0.05, 0.1) is 36.6 Å². The van der Waals surface area contributed by atoms with Crippen LogP contribution in [0.25, 0.3) is 0 Å². The molecule has 1 aliphatic rings. The lowest BCUT2D eigenvalue weighted by molar-refractivity contribution is -0.139. The third kappa shape index (κ3) is 3.76. The van der Waals surface area contributed by atoms with Crippen LogP contribution in [0.1, 0.15) is 12.1 Å². The predicted molar refractivity (Wildman–Crippen MR) is 73.2 cm³/mol. The molecular weight excluding hydrogens is 304 g/mol. The molecule has 0 radical (unpaired) electrons. The normalized spacial score (nSPS) is 20.6. The molecule has 0 aromatic carbocycles. The Labute approximate surface area is 120 Å². The molecule has 0 spiro atoms. The van der Waals surface area contributed by atoms with E-state index in [4.69, 9.17) is 0 Å². The van der Waals surface area contributed by atoms with Crippen molar-refractivity contribution >= 4 is 38.2 Å². The summed E-state index contributed by atoms with van der Waals surface area (Å²) in [6.07, 6.45) is 0.384. The molecule has 0 bridgehead atoms. The second kappa shape index (κ2) is 5.88. The number of esters is 1. The second-order valence-corrected chi connectivity index (χ2v) is 7.57. The van der Waals surface area contributed by atoms with Crippen LogP contribution >= 0.6 is 11.3 Å². The van der Waals surface area contributed by atoms with E-state index < -0.39 is 21.7 Å². The molecular formula is C11H14N2O5S2. The first kappa shape index (κ1) is 14.9. The van der Waals surface area contributed by atoms with Gasteiger partial charge < -0.3 is 10.1 Å². The van der Waals surface area contributed by atoms with Gasteiger partial charge in [0.15, 0.2) is 15.0 Å². The molecule has 9 heteroatoms. The van der Waals surface area contributed by atoms with Crippen molar-refractivity contribution in [1.82, 2.24) is 4.98 Å². The lowest BCUT2D eigenvalue weighted by Crippen LogP contribution is -2.23. The van der Waals surface area contributed by atoms with E-state index in [1.807, 2.05) is 0 Å². The van der Waals surface area contributed by atoms with Gasteiger partial charge in [0.25, 0.3) is 0 Å². The molecule has 1 fully saturated rings. The number of anilines is 1. The third-order valence-corrected chi connectivity index (χ3v) is 5.51. The number of aromatic nitrogens is 1. The number of thiazole rings is 1. The van der Waals surface area contributed by atoms with Crippen LogP contribution in [0.2, 0.25) is 0 Å². The molecule has 7 nitrogen and oxygen atoms in total. The zero-order valence-corrected chi connectivity index (χ0v) is 12.4. The average molecular weight is 318 g/mol. The Balaban J connectivity index is 1.94. The monoisotopic (exact) mass is 318 g/mol. The first-order valence-corrected chi connectivity index (χ1v) is 8.62. The van der Waals surface area contributed by atoms with Gasteiger partial charge in [-0.3, -0.25) is 9.59 Å². The van der Waals surface area contributed by atoms with Gasteiger partial charge in [0.2, 0.25) is 5.91 Å². The van der Waals surface area contributed by atoms with E-state index in [1.165, 1.54) is 18.4 Å². The quantitative estimate of drug-likeness (QED) is 0.797. The molecule has 1 saturated heterocycles. The number of hydrogen-bond donors (Lipinski definition) is 1. The summed E-state index contributed by atoms with van der Waals surface area (Å²) in [4.78, 5) is 27.1. The van der Waals surface area contributed by atoms with Crippen molar-refractivity contribution in [2.45, 2.75) is 12.8 Å². The molecule has 0 saturated carbocycles. The first-order chi connectivity index (χ1) is 9.39. The molecule has 1 aromatic heterocycles. The number of carbonyl (C=O) groups excluding carboxylic acids is 2. The fraction of sp³-hybridized carbons (Fsp3) is 0.545. The Morgan fingerprint density at radius 3 is 2.90 bits per heavy atom. The van der Waals surface area contributed by atoms with Crippen LogP contribution < -0.4 is 5.32 Å². The third-order valence-electron chi connectivity index (χ3n) is 2.94. The molecule has 1 atom stereocenters. The zero-order valence-electron chi connectivity index (χ0n) is 10.8. The Bertz CT molecular complexity index is 623. The van der Waals surface area contributed by atoms with Gasteiger partial charge >= 0.3 is 5.97 Å². The SMILES string of the molecule is COC(=O)Cc1csc(NC(=O)C2CCS(=O)(=O)C2)n1. The molecule has 2 heterocycles. The van der Waals surface area contributed by atoms with Crippen molar-refractivity contribution in [2.24, 2.45) is 5.92 Å². The topological polar surface area (TPSA) is 102 Å². The van der Waals surface area contributed by atoms with Gasteiger partial charge in [-0.15, -0.1) is 11.3 Å². The van der Waals surface area contributed by atoms with Crippen LogP contribution in [0.3, 0.4) is 0 Å². The van der Waals surface area contributed by atoms with E-state index in [2.05, 4.69) is 15.0 Å². The Hall–Kier alpha value is -1.48. The number of hydrogen-bond acceptors (Lipinski definition) is 7. The Morgan fingerprint density at radius 1 is 1.55 bits per heavy atom. The number of sulfone groups is 1. The number of methoxy groups -OCH3 is 1. The molecule has 1 aliphatic heterocycles. The van der Waals surface area contributed by atoms with E-state index in [1.54, 1.807) is 5.38 Å². The molecule has 0 aliphatic carbocycles. The molecule has 2 rings (SSSR count). The highest BCUT2D eigenvalue weighted by atomic mass is 32.2. The fourth-order valence-electron chi connectivity index (χ4n) is 1.87. The number of ether oxygens (including phenoxy) is 1. The summed E-state index contributed by atoms with van der Waals surface area (Å²) in [7, 11) is -1.80. The van der Waals surface area contributed by atoms with Crippen molar-refractivity contribution in [2.75, 3.05) is 23.9 Å². The highest BCUT2D eigenvalue weighted by Crippen LogP contribution is 2.22. The fourth-order valence-corrected chi connectivity index (χ4v) is 4.33. The van der Waals surface area contributed by atoms with Crippen molar-refractivity contribution < 1.29 is 22.7 Å². The van der Waals surface area contributed by atoms with Gasteiger partial charge in [-0.25, -0.2) is 13.4 Å². The van der Waals surface area contributed by atoms with E-state index in [-0.39, 0.29) is 23.8 Å². The van der Waals surface area contributed by atoms with Crippen molar-refractivity contribution in [1.29, 1.82) is 0 Å². The van der Waals surface area contributed by atoms with Crippen LogP contribution in [0, 0.1) is 5.92 Å². The van der Waals surface area contributed by atoms with Gasteiger partial charge in [-0.05, 0) is 6.42 Å². The number of nitrogens with zero attached hydrogens (tertiary/aromatic N) is 1. The Morgan fingerprint density at radius 2 is 2.30 bits per heavy atom. The van der Waals surface area contributed by atoms with Gasteiger partial charge in [0, 0.05) is 5.38 Å². The number of rotatable bonds is 4. The summed E-state index contributed by atoms with van der Waals surface area (Å²) in [6, 6.07) is 0. The summed E-state index contributed by atoms with van der Waals surface area (Å²) in [6.45, 7) is 0. The number of amides is 1. The van der Waals surface area contributed by atoms with Crippen molar-refractivity contribution in [3.8, 4) is 0 Å². The first-order valence-electron chi connectivity index (χ1n) is 5.92. The summed E-state index contributed by atoms with van der Waals surface area (Å²) in [5.74, 6) is -1.33. The smallest absolute Gasteiger partial charge is 0.311 e. The largest absolute Gasteiger partial charge is 0.469 e. The second-order valence-electron chi connectivity index (χ2n) is 4.49. The lowest BCUT2D eigenvalue weighted by atomic mass is 10.1. The van der Waals surface area contributed by atoms with Crippen LogP contribution in [0.15, 0.2) is 5.38 Å². The minimum Gasteiger partial charge on any atom is -0.469 e. The highest BCUT2D eigenvalue weighted by molar-refractivity contribution is 7.91. The standard InChI is InChI=1S/C11H14N2O5S2/c1-18-9(14)4-8-5-19-11(12-8)13-10(15)7-2-3-20(16,17)6-7/h5,7H,2-4,6H2,1H3,(H,12,13,15). The predicted octanol–water partition coefficient (Wildman–Crippen LogP) is 0.232. The summed E-state index contributed by atoms with van der Waals surface area (Å²) >= 11 is 1.19. The zero-order chi connectivity index (χ0) is 14.8. The maximum absolute atomic E-state index is 11.9. The molecule has 20 heavy (non-hydrogen) atoms. The Kier molecular flexibility index (Phi) is 4.39. The minimum absolute atomic E-state index is 0.0423. The van der Waals surface area contributed by atoms with Gasteiger partial charge in [-0.1, -0.05) is 0 Å². The maximum Gasteiger partial charge on any atom is 0.311 e. The minimum atomic E-state index is -3.09. The molecule has 1 amide bonds. The number of nitrogens with one attached hydrogen (secondary N) is 1. The summed E-state index contributed by atoms with van der Waals surface area (Å²) < 4.78 is 27.1. The average Bonchev–Trinajstić information content (AvgIpc) is 2.95. The van der Waals surface area contributed by atoms with Crippen LogP contribution in [0.4, 0.5) is 5.13 Å². The van der Waals surface area contributed by atoms with E-state index in [9.17, 15) is 18.0 Å². The number of carbonyl (C=O) groups is 2. The van der Waals surface area contributed by atoms with Gasteiger partial charge in [0.1, 0.15) is 0 Å². The van der Waals surface area contributed by atoms with Crippen LogP contribution in [0.5, 0.6) is 0 Å². The highest BCUT2D eigenvalue weighted by Gasteiger charge is 2.33. The lowest BCUT2D eigenvalue weighted by Gasteiger charge is -2.06. The maximum atomic E-state index is 11.9. The van der Waals surface area contributed by atoms with E-state index in [0.717, 1.165) is 0 Å². The summed E-state index contributed by atoms with van der Waals surface area (Å²) in [5.41, 5.74) is 0.510. The van der Waals surface area contributed by atoms with Crippen LogP contribution in [-0.2, 0) is 30.6 Å². The molecule has 1 aromatic rings. The van der Waals surface area contributed by atoms with Crippen molar-refractivity contribution in [3.63, 3.8) is 0 Å². The van der Waals surface area contributed by atoms with Crippen LogP contribution in [-0.4, -0.2) is 43.9 Å². The van der Waals surface area contributed by atoms with Crippen molar-refractivity contribution in [3.05, 3.63) is 11.1 Å². The van der Waals surface area contributed by atoms with E-state index in [0.29, 0.717) is 17.2 Å². The molecule has 1 N–H and O–H groups in total. The molecule has 110 valence electrons. The molecule has 1 unspecified atom stereocenters. The summed E-state index contributed by atoms with van der Waals surface area (Å²) in [5, 5.41) is 4.60. The van der Waals surface area contributed by atoms with Gasteiger partial charge in [-0.2, -0.15) is 0 Å².